The zero-order valence-electron chi connectivity index (χ0n) is 14.2. The number of ether oxygens (including phenoxy) is 1. The molecule has 2 aromatic rings. The Kier molecular flexibility index (Phi) is 4.25. The zero-order valence-corrected chi connectivity index (χ0v) is 14.2. The summed E-state index contributed by atoms with van der Waals surface area (Å²) in [5.41, 5.74) is 4.19. The van der Waals surface area contributed by atoms with Crippen LogP contribution in [0.15, 0.2) is 53.5 Å². The van der Waals surface area contributed by atoms with Gasteiger partial charge in [0.25, 0.3) is 0 Å². The summed E-state index contributed by atoms with van der Waals surface area (Å²) in [4.78, 5) is 4.94. The summed E-state index contributed by atoms with van der Waals surface area (Å²) in [6.07, 6.45) is 2.96. The highest BCUT2D eigenvalue weighted by Crippen LogP contribution is 2.41. The second kappa shape index (κ2) is 6.70. The van der Waals surface area contributed by atoms with E-state index in [1.165, 1.54) is 5.56 Å². The van der Waals surface area contributed by atoms with Crippen LogP contribution in [-0.4, -0.2) is 19.0 Å². The van der Waals surface area contributed by atoms with Crippen LogP contribution < -0.4 is 5.32 Å². The van der Waals surface area contributed by atoms with Crippen molar-refractivity contribution < 1.29 is 4.74 Å². The van der Waals surface area contributed by atoms with Gasteiger partial charge in [0.15, 0.2) is 0 Å². The van der Waals surface area contributed by atoms with E-state index in [0.717, 1.165) is 49.6 Å². The lowest BCUT2D eigenvalue weighted by Crippen LogP contribution is -2.45. The van der Waals surface area contributed by atoms with Crippen LogP contribution in [0.1, 0.15) is 29.5 Å². The summed E-state index contributed by atoms with van der Waals surface area (Å²) in [6.45, 7) is 2.08. The van der Waals surface area contributed by atoms with Gasteiger partial charge in [0.05, 0.1) is 18.2 Å². The van der Waals surface area contributed by atoms with Gasteiger partial charge in [-0.2, -0.15) is 5.26 Å². The number of hydrogen-bond donors (Lipinski definition) is 1. The largest absolute Gasteiger partial charge is 0.381 e. The number of nitrogens with one attached hydrogen (secondary N) is 1. The Morgan fingerprint density at radius 3 is 2.68 bits per heavy atom. The topological polar surface area (TPSA) is 57.4 Å². The molecule has 0 unspecified atom stereocenters. The van der Waals surface area contributed by atoms with Gasteiger partial charge in [-0.25, -0.2) is 0 Å². The van der Waals surface area contributed by atoms with E-state index in [4.69, 9.17) is 9.73 Å². The van der Waals surface area contributed by atoms with Gasteiger partial charge < -0.3 is 10.1 Å². The molecule has 0 aromatic heterocycles. The molecule has 0 bridgehead atoms. The summed E-state index contributed by atoms with van der Waals surface area (Å²) in [6, 6.07) is 18.4. The summed E-state index contributed by atoms with van der Waals surface area (Å²) in [5, 5.41) is 12.9. The molecule has 2 aromatic carbocycles. The van der Waals surface area contributed by atoms with Crippen molar-refractivity contribution >= 4 is 11.5 Å². The molecule has 1 N–H and O–H groups in total. The number of rotatable bonds is 2. The third kappa shape index (κ3) is 3.04. The number of aliphatic imine (C=N–C) groups is 1. The molecule has 0 atom stereocenters. The molecule has 0 saturated carbocycles. The minimum atomic E-state index is 0.0220. The van der Waals surface area contributed by atoms with Gasteiger partial charge in [-0.3, -0.25) is 4.99 Å². The number of fused-ring (bicyclic) bond motifs is 1. The maximum atomic E-state index is 9.30. The van der Waals surface area contributed by atoms with Crippen molar-refractivity contribution in [3.8, 4) is 6.07 Å². The maximum absolute atomic E-state index is 9.30. The third-order valence-electron chi connectivity index (χ3n) is 5.30. The van der Waals surface area contributed by atoms with Gasteiger partial charge in [-0.05, 0) is 42.5 Å². The minimum absolute atomic E-state index is 0.0220. The van der Waals surface area contributed by atoms with Crippen molar-refractivity contribution in [2.24, 2.45) is 10.4 Å². The summed E-state index contributed by atoms with van der Waals surface area (Å²) in [7, 11) is 0. The second-order valence-corrected chi connectivity index (χ2v) is 6.79. The number of para-hydroxylation sites is 1. The van der Waals surface area contributed by atoms with E-state index in [9.17, 15) is 5.26 Å². The molecule has 25 heavy (non-hydrogen) atoms. The Labute approximate surface area is 148 Å². The molecule has 0 amide bonds. The van der Waals surface area contributed by atoms with E-state index in [1.54, 1.807) is 0 Å². The number of nitriles is 1. The highest BCUT2D eigenvalue weighted by atomic mass is 16.5. The molecule has 2 heterocycles. The zero-order chi connectivity index (χ0) is 17.1. The lowest BCUT2D eigenvalue weighted by Gasteiger charge is -2.42. The Morgan fingerprint density at radius 1 is 1.08 bits per heavy atom. The number of benzene rings is 2. The molecule has 0 radical (unpaired) electrons. The highest BCUT2D eigenvalue weighted by molar-refractivity contribution is 6.02. The van der Waals surface area contributed by atoms with Gasteiger partial charge in [0.2, 0.25) is 0 Å². The van der Waals surface area contributed by atoms with Crippen LogP contribution >= 0.6 is 0 Å². The highest BCUT2D eigenvalue weighted by Gasteiger charge is 2.41. The molecule has 1 fully saturated rings. The Bertz CT molecular complexity index is 844. The second-order valence-electron chi connectivity index (χ2n) is 6.79. The molecule has 0 aliphatic carbocycles. The van der Waals surface area contributed by atoms with Crippen molar-refractivity contribution in [2.45, 2.75) is 25.8 Å². The van der Waals surface area contributed by atoms with E-state index in [0.29, 0.717) is 12.1 Å². The quantitative estimate of drug-likeness (QED) is 0.907. The lowest BCUT2D eigenvalue weighted by molar-refractivity contribution is 0.0448. The molecular weight excluding hydrogens is 310 g/mol. The van der Waals surface area contributed by atoms with E-state index >= 15 is 0 Å². The van der Waals surface area contributed by atoms with Crippen molar-refractivity contribution in [3.63, 3.8) is 0 Å². The minimum Gasteiger partial charge on any atom is -0.381 e. The van der Waals surface area contributed by atoms with Gasteiger partial charge in [-0.15, -0.1) is 0 Å². The van der Waals surface area contributed by atoms with Crippen molar-refractivity contribution in [1.29, 1.82) is 5.26 Å². The van der Waals surface area contributed by atoms with Gasteiger partial charge in [0, 0.05) is 24.3 Å². The van der Waals surface area contributed by atoms with Crippen molar-refractivity contribution in [3.05, 3.63) is 65.2 Å². The molecule has 4 rings (SSSR count). The van der Waals surface area contributed by atoms with E-state index in [2.05, 4.69) is 35.7 Å². The van der Waals surface area contributed by atoms with Crippen LogP contribution in [0, 0.1) is 16.7 Å². The average molecular weight is 331 g/mol. The van der Waals surface area contributed by atoms with Crippen LogP contribution in [0.25, 0.3) is 0 Å². The lowest BCUT2D eigenvalue weighted by atomic mass is 9.71. The predicted molar refractivity (Wildman–Crippen MR) is 98.6 cm³/mol. The summed E-state index contributed by atoms with van der Waals surface area (Å²) < 4.78 is 5.61. The van der Waals surface area contributed by atoms with Crippen LogP contribution in [-0.2, 0) is 17.7 Å². The van der Waals surface area contributed by atoms with Crippen LogP contribution in [0.2, 0.25) is 0 Å². The monoisotopic (exact) mass is 331 g/mol. The Morgan fingerprint density at radius 2 is 1.84 bits per heavy atom. The number of hydrogen-bond acceptors (Lipinski definition) is 3. The molecule has 4 nitrogen and oxygen atoms in total. The van der Waals surface area contributed by atoms with Crippen LogP contribution in [0.4, 0.5) is 5.69 Å². The summed E-state index contributed by atoms with van der Waals surface area (Å²) in [5.74, 6) is 1.04. The first kappa shape index (κ1) is 15.9. The number of amidine groups is 1. The molecule has 2 aliphatic heterocycles. The fraction of sp³-hybridized carbons (Fsp3) is 0.333. The Hall–Kier alpha value is -2.64. The summed E-state index contributed by atoms with van der Waals surface area (Å²) >= 11 is 0. The SMILES string of the molecule is N#Cc1ccccc1CN=C1Nc2ccccc2CC12CCOCC2. The van der Waals surface area contributed by atoms with Crippen molar-refractivity contribution in [2.75, 3.05) is 18.5 Å². The van der Waals surface area contributed by atoms with Crippen LogP contribution in [0.5, 0.6) is 0 Å². The first-order valence-corrected chi connectivity index (χ1v) is 8.76. The fourth-order valence-corrected chi connectivity index (χ4v) is 3.82. The maximum Gasteiger partial charge on any atom is 0.108 e. The molecular formula is C21H21N3O. The molecule has 2 aliphatic rings. The smallest absolute Gasteiger partial charge is 0.108 e. The van der Waals surface area contributed by atoms with Gasteiger partial charge in [0.1, 0.15) is 5.84 Å². The van der Waals surface area contributed by atoms with E-state index in [1.807, 2.05) is 24.3 Å². The molecule has 1 spiro atoms. The van der Waals surface area contributed by atoms with E-state index < -0.39 is 0 Å². The van der Waals surface area contributed by atoms with Gasteiger partial charge in [-0.1, -0.05) is 36.4 Å². The number of anilines is 1. The fourth-order valence-electron chi connectivity index (χ4n) is 3.82. The normalized spacial score (nSPS) is 19.9. The predicted octanol–water partition coefficient (Wildman–Crippen LogP) is 3.92. The molecule has 4 heteroatoms. The first-order chi connectivity index (χ1) is 12.3. The Balaban J connectivity index is 1.69. The van der Waals surface area contributed by atoms with E-state index in [-0.39, 0.29) is 5.41 Å². The molecule has 1 saturated heterocycles. The van der Waals surface area contributed by atoms with Gasteiger partial charge >= 0.3 is 0 Å². The molecule has 126 valence electrons. The number of nitrogens with zero attached hydrogens (tertiary/aromatic N) is 2. The average Bonchev–Trinajstić information content (AvgIpc) is 2.67. The standard InChI is InChI=1S/C21H21N3O/c22-14-17-6-1-2-7-18(17)15-23-20-21(9-11-25-12-10-21)13-16-5-3-4-8-19(16)24-20/h1-8H,9-13,15H2,(H,23,24). The van der Waals surface area contributed by atoms with Crippen molar-refractivity contribution in [1.82, 2.24) is 0 Å². The van der Waals surface area contributed by atoms with Crippen LogP contribution in [0.3, 0.4) is 0 Å². The first-order valence-electron chi connectivity index (χ1n) is 8.76. The third-order valence-corrected chi connectivity index (χ3v) is 5.30.